The van der Waals surface area contributed by atoms with Crippen LogP contribution in [0.1, 0.15) is 164 Å². The van der Waals surface area contributed by atoms with Gasteiger partial charge in [-0.15, -0.1) is 0 Å². The Kier molecular flexibility index (Phi) is 23.5. The van der Waals surface area contributed by atoms with Crippen LogP contribution >= 0.6 is 0 Å². The molecule has 1 N–H and O–H groups in total. The molecule has 0 bridgehead atoms. The van der Waals surface area contributed by atoms with Crippen LogP contribution in [0.4, 0.5) is 0 Å². The van der Waals surface area contributed by atoms with E-state index in [9.17, 15) is 5.11 Å². The van der Waals surface area contributed by atoms with E-state index in [-0.39, 0.29) is 0 Å². The van der Waals surface area contributed by atoms with Crippen LogP contribution in [0, 0.1) is 5.92 Å². The number of allylic oxidation sites excluding steroid dienone is 14. The lowest BCUT2D eigenvalue weighted by atomic mass is 9.96. The summed E-state index contributed by atoms with van der Waals surface area (Å²) >= 11 is 0. The van der Waals surface area contributed by atoms with Gasteiger partial charge in [-0.1, -0.05) is 113 Å². The Morgan fingerprint density at radius 3 is 1.38 bits per heavy atom. The maximum absolute atomic E-state index is 9.94. The van der Waals surface area contributed by atoms with E-state index in [1.807, 2.05) is 18.2 Å². The molecule has 1 nitrogen and oxygen atoms in total. The number of para-hydroxylation sites is 1. The average molecular weight is 641 g/mol. The molecule has 0 radical (unpaired) electrons. The van der Waals surface area contributed by atoms with Crippen LogP contribution in [0.25, 0.3) is 0 Å². The summed E-state index contributed by atoms with van der Waals surface area (Å²) in [4.78, 5) is 0. The second kappa shape index (κ2) is 26.2. The number of phenols is 1. The van der Waals surface area contributed by atoms with Crippen LogP contribution in [0.15, 0.2) is 106 Å². The Hall–Kier alpha value is -2.80. The lowest BCUT2D eigenvalue weighted by Gasteiger charge is -2.10. The summed E-state index contributed by atoms with van der Waals surface area (Å²) in [6.07, 6.45) is 35.6. The van der Waals surface area contributed by atoms with E-state index in [1.54, 1.807) is 17.2 Å². The van der Waals surface area contributed by atoms with E-state index in [0.717, 1.165) is 43.6 Å². The molecule has 0 fully saturated rings. The van der Waals surface area contributed by atoms with Crippen molar-refractivity contribution in [3.05, 3.63) is 111 Å². The highest BCUT2D eigenvalue weighted by Gasteiger charge is 2.03. The Morgan fingerprint density at radius 2 is 0.915 bits per heavy atom. The van der Waals surface area contributed by atoms with Crippen molar-refractivity contribution in [1.82, 2.24) is 0 Å². The summed E-state index contributed by atoms with van der Waals surface area (Å²) in [6.45, 7) is 20.5. The highest BCUT2D eigenvalue weighted by molar-refractivity contribution is 5.33. The zero-order valence-corrected chi connectivity index (χ0v) is 32.2. The first kappa shape index (κ1) is 42.2. The lowest BCUT2D eigenvalue weighted by Crippen LogP contribution is -1.94. The number of phenolic OH excluding ortho intramolecular Hbond substituents is 1. The Morgan fingerprint density at radius 1 is 0.511 bits per heavy atom. The zero-order valence-electron chi connectivity index (χ0n) is 32.2. The summed E-state index contributed by atoms with van der Waals surface area (Å²) in [5.74, 6) is 1.19. The molecule has 1 rings (SSSR count). The average Bonchev–Trinajstić information content (AvgIpc) is 3.00. The summed E-state index contributed by atoms with van der Waals surface area (Å²) < 4.78 is 0. The molecule has 262 valence electrons. The number of hydrogen-bond acceptors (Lipinski definition) is 1. The first-order valence-electron chi connectivity index (χ1n) is 18.8. The Labute approximate surface area is 292 Å². The van der Waals surface area contributed by atoms with Crippen LogP contribution in [0.5, 0.6) is 5.75 Å². The molecule has 0 spiro atoms. The van der Waals surface area contributed by atoms with Gasteiger partial charge >= 0.3 is 0 Å². The smallest absolute Gasteiger partial charge is 0.119 e. The summed E-state index contributed by atoms with van der Waals surface area (Å²) in [6, 6.07) is 7.62. The fourth-order valence-electron chi connectivity index (χ4n) is 5.84. The van der Waals surface area contributed by atoms with Gasteiger partial charge in [0, 0.05) is 0 Å². The maximum atomic E-state index is 9.94. The minimum absolute atomic E-state index is 0.393. The third-order valence-electron chi connectivity index (χ3n) is 9.30. The van der Waals surface area contributed by atoms with Crippen LogP contribution < -0.4 is 0 Å². The number of rotatable bonds is 24. The van der Waals surface area contributed by atoms with Gasteiger partial charge in [0.1, 0.15) is 5.75 Å². The van der Waals surface area contributed by atoms with Crippen molar-refractivity contribution >= 4 is 0 Å². The molecule has 1 aromatic carbocycles. The standard InChI is InChI=1S/C46H72O/c1-37(2)19-12-20-38(3)21-13-22-39(4)23-14-24-40(5)25-15-26-41(6)27-16-28-42(7)29-17-30-43(8)31-18-32-44(9)35-36-45-33-10-11-34-46(45)47/h10-11,19,21,23,25,29,31,33-35,41,47H,12-18,20,22,24,26-28,30,32,36H2,1-9H3/b38-21+,39-23+,40-25+,42-29+,43-31+,44-35+. The SMILES string of the molecule is CC(C)=CCC/C(C)=C/CC/C(C)=C/CC/C(C)=C/CCC(C)CCC/C(C)=C/CC/C(C)=C/CC/C(C)=C/Cc1ccccc1O. The predicted octanol–water partition coefficient (Wildman–Crippen LogP) is 15.1. The van der Waals surface area contributed by atoms with Gasteiger partial charge in [-0.2, -0.15) is 0 Å². The molecule has 0 saturated heterocycles. The van der Waals surface area contributed by atoms with Crippen LogP contribution in [0.2, 0.25) is 0 Å². The predicted molar refractivity (Wildman–Crippen MR) is 212 cm³/mol. The van der Waals surface area contributed by atoms with Crippen molar-refractivity contribution < 1.29 is 5.11 Å². The van der Waals surface area contributed by atoms with Gasteiger partial charge in [-0.25, -0.2) is 0 Å². The van der Waals surface area contributed by atoms with E-state index >= 15 is 0 Å². The van der Waals surface area contributed by atoms with Crippen molar-refractivity contribution in [3.63, 3.8) is 0 Å². The summed E-state index contributed by atoms with van der Waals surface area (Å²) in [7, 11) is 0. The molecule has 1 atom stereocenters. The highest BCUT2D eigenvalue weighted by atomic mass is 16.3. The van der Waals surface area contributed by atoms with Gasteiger partial charge in [-0.3, -0.25) is 0 Å². The van der Waals surface area contributed by atoms with E-state index in [0.29, 0.717) is 5.75 Å². The van der Waals surface area contributed by atoms with Crippen molar-refractivity contribution in [3.8, 4) is 5.75 Å². The van der Waals surface area contributed by atoms with Gasteiger partial charge in [0.2, 0.25) is 0 Å². The molecule has 0 aliphatic carbocycles. The first-order chi connectivity index (χ1) is 22.5. The maximum Gasteiger partial charge on any atom is 0.119 e. The molecule has 0 amide bonds. The van der Waals surface area contributed by atoms with Crippen molar-refractivity contribution in [2.75, 3.05) is 0 Å². The molecule has 1 aromatic rings. The molecular formula is C46H72O. The van der Waals surface area contributed by atoms with Crippen molar-refractivity contribution in [2.24, 2.45) is 5.92 Å². The second-order valence-electron chi connectivity index (χ2n) is 14.7. The second-order valence-corrected chi connectivity index (χ2v) is 14.7. The summed E-state index contributed by atoms with van der Waals surface area (Å²) in [5, 5.41) is 9.94. The topological polar surface area (TPSA) is 20.2 Å². The largest absolute Gasteiger partial charge is 0.508 e. The molecule has 0 aromatic heterocycles. The monoisotopic (exact) mass is 641 g/mol. The van der Waals surface area contributed by atoms with E-state index in [1.165, 1.54) is 98.5 Å². The van der Waals surface area contributed by atoms with Crippen LogP contribution in [-0.4, -0.2) is 5.11 Å². The van der Waals surface area contributed by atoms with Gasteiger partial charge in [0.05, 0.1) is 0 Å². The first-order valence-corrected chi connectivity index (χ1v) is 18.8. The molecule has 0 heterocycles. The molecule has 0 aliphatic heterocycles. The fourth-order valence-corrected chi connectivity index (χ4v) is 5.84. The Balaban J connectivity index is 2.18. The van der Waals surface area contributed by atoms with Gasteiger partial charge in [0.25, 0.3) is 0 Å². The minimum atomic E-state index is 0.393. The number of aromatic hydroxyl groups is 1. The zero-order chi connectivity index (χ0) is 34.9. The quantitative estimate of drug-likeness (QED) is 0.111. The third kappa shape index (κ3) is 24.1. The van der Waals surface area contributed by atoms with Crippen molar-refractivity contribution in [1.29, 1.82) is 0 Å². The van der Waals surface area contributed by atoms with Crippen LogP contribution in [0.3, 0.4) is 0 Å². The molecule has 1 heteroatoms. The van der Waals surface area contributed by atoms with Gasteiger partial charge in [-0.05, 0) is 169 Å². The summed E-state index contributed by atoms with van der Waals surface area (Å²) in [5.41, 5.74) is 11.5. The molecular weight excluding hydrogens is 569 g/mol. The minimum Gasteiger partial charge on any atom is -0.508 e. The fraction of sp³-hybridized carbons (Fsp3) is 0.565. The lowest BCUT2D eigenvalue weighted by molar-refractivity contribution is 0.469. The number of benzene rings is 1. The van der Waals surface area contributed by atoms with E-state index in [2.05, 4.69) is 105 Å². The van der Waals surface area contributed by atoms with Crippen molar-refractivity contribution in [2.45, 2.75) is 165 Å². The van der Waals surface area contributed by atoms with E-state index < -0.39 is 0 Å². The molecule has 47 heavy (non-hydrogen) atoms. The molecule has 1 unspecified atom stereocenters. The van der Waals surface area contributed by atoms with Gasteiger partial charge < -0.3 is 5.11 Å². The Bertz CT molecular complexity index is 1220. The van der Waals surface area contributed by atoms with Crippen LogP contribution in [-0.2, 0) is 6.42 Å². The normalized spacial score (nSPS) is 14.5. The van der Waals surface area contributed by atoms with Gasteiger partial charge in [0.15, 0.2) is 0 Å². The molecule has 0 aliphatic rings. The van der Waals surface area contributed by atoms with E-state index in [4.69, 9.17) is 0 Å². The third-order valence-corrected chi connectivity index (χ3v) is 9.30. The highest BCUT2D eigenvalue weighted by Crippen LogP contribution is 2.21. The molecule has 0 saturated carbocycles. The number of hydrogen-bond donors (Lipinski definition) is 1.